The van der Waals surface area contributed by atoms with Crippen molar-refractivity contribution in [1.29, 1.82) is 0 Å². The quantitative estimate of drug-likeness (QED) is 0.0278. The van der Waals surface area contributed by atoms with E-state index in [2.05, 4.69) is 26.6 Å². The summed E-state index contributed by atoms with van der Waals surface area (Å²) in [5, 5.41) is 71.2. The number of nitrogens with one attached hydrogen (secondary N) is 7. The number of carboxylic acid groups (broad SMARTS) is 6. The van der Waals surface area contributed by atoms with Gasteiger partial charge < -0.3 is 92.5 Å². The van der Waals surface area contributed by atoms with Gasteiger partial charge in [-0.2, -0.15) is 0 Å². The molecule has 0 aliphatic heterocycles. The topological polar surface area (TPSA) is 456 Å². The van der Waals surface area contributed by atoms with Gasteiger partial charge in [0.2, 0.25) is 17.7 Å². The van der Waals surface area contributed by atoms with Gasteiger partial charge >= 0.3 is 47.9 Å². The van der Waals surface area contributed by atoms with Crippen molar-refractivity contribution in [3.63, 3.8) is 0 Å². The first-order valence-electron chi connectivity index (χ1n) is 22.1. The summed E-state index contributed by atoms with van der Waals surface area (Å²) in [6.07, 6.45) is -2.15. The van der Waals surface area contributed by atoms with Crippen LogP contribution in [0.25, 0.3) is 0 Å². The summed E-state index contributed by atoms with van der Waals surface area (Å²) >= 11 is 0. The number of carbonyl (C=O) groups is 11. The number of aliphatic carboxylic acids is 6. The fourth-order valence-electron chi connectivity index (χ4n) is 5.70. The average molecular weight is 997 g/mol. The molecule has 394 valence electrons. The predicted octanol–water partition coefficient (Wildman–Crippen LogP) is -2.62. The Labute approximate surface area is 396 Å². The lowest BCUT2D eigenvalue weighted by Crippen LogP contribution is -2.51. The van der Waals surface area contributed by atoms with Crippen LogP contribution in [-0.2, 0) is 62.1 Å². The first-order valence-corrected chi connectivity index (χ1v) is 22.1. The van der Waals surface area contributed by atoms with Crippen LogP contribution in [0.3, 0.4) is 0 Å². The molecule has 0 heterocycles. The molecule has 0 spiro atoms. The van der Waals surface area contributed by atoms with Gasteiger partial charge in [0.1, 0.15) is 30.2 Å². The summed E-state index contributed by atoms with van der Waals surface area (Å²) in [5.74, 6) is -10.3. The number of carbonyl (C=O) groups excluding carboxylic acids is 5. The number of hydrogen-bond acceptors (Lipinski definition) is 16. The Kier molecular flexibility index (Phi) is 34.9. The Hall–Kier alpha value is -6.43. The van der Waals surface area contributed by atoms with Crippen molar-refractivity contribution in [2.24, 2.45) is 5.73 Å². The molecule has 29 nitrogen and oxygen atoms in total. The Morgan fingerprint density at radius 1 is 0.377 bits per heavy atom. The van der Waals surface area contributed by atoms with Crippen molar-refractivity contribution in [2.75, 3.05) is 72.5 Å². The molecule has 7 amide bonds. The molecule has 0 aromatic carbocycles. The second kappa shape index (κ2) is 38.5. The normalized spacial score (nSPS) is 13.0. The van der Waals surface area contributed by atoms with Crippen molar-refractivity contribution in [3.05, 3.63) is 0 Å². The van der Waals surface area contributed by atoms with Crippen molar-refractivity contribution < 1.29 is 102 Å². The number of amides is 7. The molecule has 0 unspecified atom stereocenters. The van der Waals surface area contributed by atoms with Gasteiger partial charge in [-0.15, -0.1) is 0 Å². The first kappa shape index (κ1) is 62.6. The van der Waals surface area contributed by atoms with Crippen LogP contribution in [0.5, 0.6) is 0 Å². The van der Waals surface area contributed by atoms with Crippen molar-refractivity contribution >= 4 is 65.6 Å². The molecule has 5 atom stereocenters. The molecule has 69 heavy (non-hydrogen) atoms. The zero-order valence-corrected chi connectivity index (χ0v) is 38.2. The predicted molar refractivity (Wildman–Crippen MR) is 235 cm³/mol. The van der Waals surface area contributed by atoms with Gasteiger partial charge in [-0.05, 0) is 57.8 Å². The number of urea groups is 2. The monoisotopic (exact) mass is 996 g/mol. The van der Waals surface area contributed by atoms with Crippen LogP contribution >= 0.6 is 0 Å². The summed E-state index contributed by atoms with van der Waals surface area (Å²) in [6.45, 7) is 2.62. The van der Waals surface area contributed by atoms with Crippen LogP contribution < -0.4 is 43.0 Å². The number of rotatable bonds is 43. The largest absolute Gasteiger partial charge is 0.481 e. The van der Waals surface area contributed by atoms with Crippen LogP contribution in [0.2, 0.25) is 0 Å². The van der Waals surface area contributed by atoms with Crippen LogP contribution in [-0.4, -0.2) is 199 Å². The smallest absolute Gasteiger partial charge is 0.326 e. The van der Waals surface area contributed by atoms with Gasteiger partial charge in [-0.1, -0.05) is 0 Å². The van der Waals surface area contributed by atoms with Gasteiger partial charge in [0.15, 0.2) is 0 Å². The lowest BCUT2D eigenvalue weighted by molar-refractivity contribution is -0.142. The van der Waals surface area contributed by atoms with Gasteiger partial charge in [0, 0.05) is 45.3 Å². The van der Waals surface area contributed by atoms with Gasteiger partial charge in [-0.25, -0.2) is 28.8 Å². The molecular weight excluding hydrogens is 928 g/mol. The van der Waals surface area contributed by atoms with Gasteiger partial charge in [-0.3, -0.25) is 24.0 Å². The van der Waals surface area contributed by atoms with E-state index in [0.29, 0.717) is 39.6 Å². The van der Waals surface area contributed by atoms with E-state index in [0.717, 1.165) is 0 Å². The minimum atomic E-state index is -1.59. The Morgan fingerprint density at radius 2 is 0.739 bits per heavy atom. The summed E-state index contributed by atoms with van der Waals surface area (Å²) in [4.78, 5) is 131. The highest BCUT2D eigenvalue weighted by atomic mass is 16.6. The molecule has 0 radical (unpaired) electrons. The highest BCUT2D eigenvalue weighted by Gasteiger charge is 2.27. The third kappa shape index (κ3) is 34.5. The zero-order valence-electron chi connectivity index (χ0n) is 38.2. The van der Waals surface area contributed by atoms with Crippen molar-refractivity contribution in [3.8, 4) is 0 Å². The number of nitrogens with two attached hydrogens (primary N) is 1. The van der Waals surface area contributed by atoms with Crippen LogP contribution in [0.1, 0.15) is 83.5 Å². The third-order valence-electron chi connectivity index (χ3n) is 9.33. The molecule has 0 bridgehead atoms. The van der Waals surface area contributed by atoms with Crippen LogP contribution in [0.15, 0.2) is 0 Å². The SMILES string of the molecule is NCCOCCOCCOCCOCCC(=O)N[C@H](CCC(=O)NCCCC[C@H](NC(=O)N[C@@H](CCC(=O)O)C(=O)O)C(=O)O)C(=O)NCCCC[C@H](NC(=O)N[C@@H](CCC(=O)O)C(=O)O)C(=O)O. The lowest BCUT2D eigenvalue weighted by atomic mass is 10.1. The number of unbranched alkanes of at least 4 members (excludes halogenated alkanes) is 2. The molecule has 0 fully saturated rings. The van der Waals surface area contributed by atoms with E-state index < -0.39 is 121 Å². The third-order valence-corrected chi connectivity index (χ3v) is 9.33. The second-order valence-electron chi connectivity index (χ2n) is 14.9. The summed E-state index contributed by atoms with van der Waals surface area (Å²) in [6, 6.07) is -9.59. The van der Waals surface area contributed by atoms with Gasteiger partial charge in [0.05, 0.1) is 52.9 Å². The van der Waals surface area contributed by atoms with E-state index in [1.807, 2.05) is 10.6 Å². The average Bonchev–Trinajstić information content (AvgIpc) is 3.27. The molecule has 0 saturated heterocycles. The molecule has 15 N–H and O–H groups in total. The number of carboxylic acids is 6. The first-order chi connectivity index (χ1) is 32.8. The Balaban J connectivity index is 5.18. The van der Waals surface area contributed by atoms with Crippen molar-refractivity contribution in [1.82, 2.24) is 37.2 Å². The van der Waals surface area contributed by atoms with Crippen molar-refractivity contribution in [2.45, 2.75) is 114 Å². The molecule has 0 aromatic rings. The van der Waals surface area contributed by atoms with E-state index >= 15 is 0 Å². The number of ether oxygens (including phenoxy) is 4. The molecule has 0 aromatic heterocycles. The van der Waals surface area contributed by atoms with E-state index in [1.54, 1.807) is 0 Å². The van der Waals surface area contributed by atoms with E-state index in [-0.39, 0.29) is 90.7 Å². The molecule has 29 heteroatoms. The Bertz CT molecular complexity index is 1640. The van der Waals surface area contributed by atoms with Crippen LogP contribution in [0, 0.1) is 0 Å². The van der Waals surface area contributed by atoms with E-state index in [9.17, 15) is 73.2 Å². The summed E-state index contributed by atoms with van der Waals surface area (Å²) < 4.78 is 21.4. The summed E-state index contributed by atoms with van der Waals surface area (Å²) in [5.41, 5.74) is 5.34. The molecule has 0 rings (SSSR count). The fourth-order valence-corrected chi connectivity index (χ4v) is 5.70. The highest BCUT2D eigenvalue weighted by Crippen LogP contribution is 2.06. The fraction of sp³-hybridized carbons (Fsp3) is 0.725. The van der Waals surface area contributed by atoms with Crippen LogP contribution in [0.4, 0.5) is 9.59 Å². The minimum Gasteiger partial charge on any atom is -0.481 e. The zero-order chi connectivity index (χ0) is 52.0. The maximum Gasteiger partial charge on any atom is 0.326 e. The van der Waals surface area contributed by atoms with E-state index in [1.165, 1.54) is 0 Å². The number of hydrogen-bond donors (Lipinski definition) is 14. The molecule has 0 aliphatic carbocycles. The Morgan fingerprint density at radius 3 is 1.13 bits per heavy atom. The second-order valence-corrected chi connectivity index (χ2v) is 14.9. The molecule has 0 aliphatic rings. The minimum absolute atomic E-state index is 0.0266. The molecular formula is C40H68N8O21. The maximum atomic E-state index is 13.2. The summed E-state index contributed by atoms with van der Waals surface area (Å²) in [7, 11) is 0. The molecule has 0 saturated carbocycles. The highest BCUT2D eigenvalue weighted by molar-refractivity contribution is 5.89. The van der Waals surface area contributed by atoms with E-state index in [4.69, 9.17) is 34.9 Å². The lowest BCUT2D eigenvalue weighted by Gasteiger charge is -2.19. The maximum absolute atomic E-state index is 13.2. The standard InChI is InChI=1S/C40H68N8O21/c41-14-18-67-20-22-69-24-23-68-21-19-66-17-13-31(50)44-25(34(55)43-16-4-2-6-27(36(58)59)46-40(65)48-29(38(62)63)9-12-33(53)54)7-10-30(49)42-15-3-1-5-26(35(56)57)45-39(64)47-28(37(60)61)8-11-32(51)52/h25-29H,1-24,41H2,(H,42,49)(H,43,55)(H,44,50)(H,51,52)(H,53,54)(H,56,57)(H,58,59)(H,60,61)(H,62,63)(H2,45,47,64)(H2,46,48,65)/t25-,26+,27+,28+,29+/m1/s1. The van der Waals surface area contributed by atoms with Gasteiger partial charge in [0.25, 0.3) is 0 Å².